The fraction of sp³-hybridized carbons (Fsp3) is 0.333. The Bertz CT molecular complexity index is 745. The van der Waals surface area contributed by atoms with E-state index in [9.17, 15) is 9.59 Å². The van der Waals surface area contributed by atoms with Gasteiger partial charge in [0.2, 0.25) is 0 Å². The van der Waals surface area contributed by atoms with Gasteiger partial charge in [0, 0.05) is 12.8 Å². The van der Waals surface area contributed by atoms with Crippen LogP contribution >= 0.6 is 92.3 Å². The van der Waals surface area contributed by atoms with Crippen LogP contribution in [0.3, 0.4) is 0 Å². The Balaban J connectivity index is 1.78. The van der Waals surface area contributed by atoms with Gasteiger partial charge in [0.05, 0.1) is 29.8 Å². The van der Waals surface area contributed by atoms with Gasteiger partial charge < -0.3 is 0 Å². The van der Waals surface area contributed by atoms with Crippen molar-refractivity contribution in [2.45, 2.75) is 32.1 Å². The van der Waals surface area contributed by atoms with E-state index in [0.29, 0.717) is 50.5 Å². The lowest BCUT2D eigenvalue weighted by molar-refractivity contribution is 0.0982. The third-order valence-corrected chi connectivity index (χ3v) is 8.55. The largest absolute Gasteiger partial charge is 0.293 e. The molecule has 2 heterocycles. The molecule has 25 heavy (non-hydrogen) atoms. The van der Waals surface area contributed by atoms with E-state index in [2.05, 4.69) is 0 Å². The third-order valence-electron chi connectivity index (χ3n) is 3.33. The van der Waals surface area contributed by atoms with E-state index in [4.69, 9.17) is 69.6 Å². The molecule has 136 valence electrons. The minimum atomic E-state index is -0.102. The van der Waals surface area contributed by atoms with Crippen LogP contribution in [0.25, 0.3) is 0 Å². The molecule has 0 atom stereocenters. The zero-order valence-electron chi connectivity index (χ0n) is 12.4. The monoisotopic (exact) mass is 496 g/mol. The summed E-state index contributed by atoms with van der Waals surface area (Å²) >= 11 is 37.6. The van der Waals surface area contributed by atoms with E-state index < -0.39 is 0 Å². The lowest BCUT2D eigenvalue weighted by Crippen LogP contribution is -1.99. The SMILES string of the molecule is O=C(CCCCCC(=O)c1sc(Cl)c(Cl)c1Cl)c1sc(Cl)c(Cl)c1Cl. The van der Waals surface area contributed by atoms with Crippen LogP contribution in [-0.2, 0) is 0 Å². The molecule has 0 bridgehead atoms. The summed E-state index contributed by atoms with van der Waals surface area (Å²) in [4.78, 5) is 25.0. The molecule has 2 aromatic heterocycles. The first-order valence-corrected chi connectivity index (χ1v) is 11.0. The van der Waals surface area contributed by atoms with Gasteiger partial charge in [-0.1, -0.05) is 76.0 Å². The molecule has 0 aliphatic carbocycles. The van der Waals surface area contributed by atoms with Gasteiger partial charge in [-0.3, -0.25) is 9.59 Å². The Hall–Kier alpha value is 0.480. The predicted octanol–water partition coefficient (Wildman–Crippen LogP) is 8.75. The van der Waals surface area contributed by atoms with E-state index in [1.54, 1.807) is 0 Å². The fourth-order valence-corrected chi connectivity index (χ4v) is 5.65. The van der Waals surface area contributed by atoms with Gasteiger partial charge in [-0.15, -0.1) is 22.7 Å². The van der Waals surface area contributed by atoms with E-state index in [-0.39, 0.29) is 31.7 Å². The summed E-state index contributed by atoms with van der Waals surface area (Å²) in [5.74, 6) is -0.204. The van der Waals surface area contributed by atoms with Crippen LogP contribution in [0.15, 0.2) is 0 Å². The normalized spacial score (nSPS) is 11.1. The number of halogens is 6. The Morgan fingerprint density at radius 3 is 1.24 bits per heavy atom. The van der Waals surface area contributed by atoms with E-state index >= 15 is 0 Å². The van der Waals surface area contributed by atoms with Crippen molar-refractivity contribution < 1.29 is 9.59 Å². The second kappa shape index (κ2) is 9.61. The Kier molecular flexibility index (Phi) is 8.37. The highest BCUT2D eigenvalue weighted by Gasteiger charge is 2.20. The van der Waals surface area contributed by atoms with Gasteiger partial charge in [-0.2, -0.15) is 0 Å². The number of ketones is 2. The zero-order chi connectivity index (χ0) is 18.7. The van der Waals surface area contributed by atoms with Gasteiger partial charge in [-0.05, 0) is 12.8 Å². The summed E-state index contributed by atoms with van der Waals surface area (Å²) in [7, 11) is 0. The van der Waals surface area contributed by atoms with Crippen LogP contribution in [0.2, 0.25) is 28.8 Å². The first kappa shape index (κ1) is 21.8. The molecule has 0 aliphatic heterocycles. The van der Waals surface area contributed by atoms with Crippen molar-refractivity contribution in [3.8, 4) is 0 Å². The highest BCUT2D eigenvalue weighted by atomic mass is 35.5. The van der Waals surface area contributed by atoms with Crippen molar-refractivity contribution in [2.75, 3.05) is 0 Å². The third kappa shape index (κ3) is 5.26. The Labute approximate surface area is 182 Å². The molecular weight excluding hydrogens is 489 g/mol. The molecule has 0 aromatic carbocycles. The van der Waals surface area contributed by atoms with Crippen molar-refractivity contribution in [3.05, 3.63) is 38.5 Å². The summed E-state index contributed by atoms with van der Waals surface area (Å²) in [6.07, 6.45) is 2.62. The summed E-state index contributed by atoms with van der Waals surface area (Å²) in [5, 5.41) is 0.843. The second-order valence-corrected chi connectivity index (χ2v) is 9.83. The zero-order valence-corrected chi connectivity index (χ0v) is 18.6. The molecule has 0 saturated heterocycles. The number of hydrogen-bond donors (Lipinski definition) is 0. The maximum atomic E-state index is 12.1. The molecule has 0 N–H and O–H groups in total. The van der Waals surface area contributed by atoms with E-state index in [1.807, 2.05) is 0 Å². The lowest BCUT2D eigenvalue weighted by atomic mass is 10.1. The van der Waals surface area contributed by atoms with E-state index in [1.165, 1.54) is 0 Å². The molecule has 0 fully saturated rings. The molecule has 0 radical (unpaired) electrons. The van der Waals surface area contributed by atoms with Crippen molar-refractivity contribution in [1.29, 1.82) is 0 Å². The van der Waals surface area contributed by atoms with Gasteiger partial charge in [0.15, 0.2) is 11.6 Å². The summed E-state index contributed by atoms with van der Waals surface area (Å²) < 4.78 is 0.622. The molecule has 2 rings (SSSR count). The molecule has 0 unspecified atom stereocenters. The molecule has 0 spiro atoms. The van der Waals surface area contributed by atoms with Crippen LogP contribution in [-0.4, -0.2) is 11.6 Å². The van der Waals surface area contributed by atoms with Crippen LogP contribution < -0.4 is 0 Å². The number of carbonyl (C=O) groups excluding carboxylic acids is 2. The fourth-order valence-electron chi connectivity index (χ4n) is 2.06. The second-order valence-electron chi connectivity index (χ2n) is 5.07. The molecule has 10 heteroatoms. The summed E-state index contributed by atoms with van der Waals surface area (Å²) in [5.41, 5.74) is 0. The standard InChI is InChI=1S/C15H10Cl6O2S2/c16-8-10(18)14(20)24-12(8)6(22)4-2-1-3-5-7(23)13-9(17)11(19)15(21)25-13/h1-5H2. The molecule has 0 aliphatic rings. The topological polar surface area (TPSA) is 34.1 Å². The first-order chi connectivity index (χ1) is 11.7. The number of unbranched alkanes of at least 4 members (excludes halogenated alkanes) is 2. The van der Waals surface area contributed by atoms with Gasteiger partial charge >= 0.3 is 0 Å². The Morgan fingerprint density at radius 2 is 0.960 bits per heavy atom. The molecular formula is C15H10Cl6O2S2. The first-order valence-electron chi connectivity index (χ1n) is 7.07. The van der Waals surface area contributed by atoms with Crippen LogP contribution in [0.1, 0.15) is 51.4 Å². The van der Waals surface area contributed by atoms with Crippen molar-refractivity contribution in [3.63, 3.8) is 0 Å². The van der Waals surface area contributed by atoms with Crippen molar-refractivity contribution in [2.24, 2.45) is 0 Å². The molecule has 2 nitrogen and oxygen atoms in total. The van der Waals surface area contributed by atoms with Crippen LogP contribution in [0.4, 0.5) is 0 Å². The lowest BCUT2D eigenvalue weighted by Gasteiger charge is -2.01. The predicted molar refractivity (Wildman–Crippen MR) is 110 cm³/mol. The smallest absolute Gasteiger partial charge is 0.174 e. The van der Waals surface area contributed by atoms with Gasteiger partial charge in [0.25, 0.3) is 0 Å². The number of rotatable bonds is 8. The number of Topliss-reactive ketones (excluding diaryl/α,β-unsaturated/α-hetero) is 2. The maximum absolute atomic E-state index is 12.1. The van der Waals surface area contributed by atoms with E-state index in [0.717, 1.165) is 22.7 Å². The quantitative estimate of drug-likeness (QED) is 0.269. The molecule has 0 amide bonds. The van der Waals surface area contributed by atoms with Gasteiger partial charge in [0.1, 0.15) is 8.67 Å². The number of thiophene rings is 2. The molecule has 2 aromatic rings. The van der Waals surface area contributed by atoms with Gasteiger partial charge in [-0.25, -0.2) is 0 Å². The molecule has 0 saturated carbocycles. The highest BCUT2D eigenvalue weighted by Crippen LogP contribution is 2.42. The number of carbonyl (C=O) groups is 2. The maximum Gasteiger partial charge on any atom is 0.174 e. The average molecular weight is 499 g/mol. The minimum absolute atomic E-state index is 0.102. The van der Waals surface area contributed by atoms with Crippen molar-refractivity contribution >= 4 is 104 Å². The summed E-state index contributed by atoms with van der Waals surface area (Å²) in [6.45, 7) is 0. The summed E-state index contributed by atoms with van der Waals surface area (Å²) in [6, 6.07) is 0. The van der Waals surface area contributed by atoms with Crippen LogP contribution in [0, 0.1) is 0 Å². The highest BCUT2D eigenvalue weighted by molar-refractivity contribution is 7.20. The average Bonchev–Trinajstić information content (AvgIpc) is 2.99. The number of hydrogen-bond acceptors (Lipinski definition) is 4. The van der Waals surface area contributed by atoms with Crippen LogP contribution in [0.5, 0.6) is 0 Å². The van der Waals surface area contributed by atoms with Crippen molar-refractivity contribution in [1.82, 2.24) is 0 Å². The minimum Gasteiger partial charge on any atom is -0.293 e. The Morgan fingerprint density at radius 1 is 0.600 bits per heavy atom.